The minimum atomic E-state index is -3.09. The van der Waals surface area contributed by atoms with E-state index >= 15 is 0 Å². The first-order valence-electron chi connectivity index (χ1n) is 8.09. The van der Waals surface area contributed by atoms with Crippen LogP contribution in [0.4, 0.5) is 8.78 Å². The summed E-state index contributed by atoms with van der Waals surface area (Å²) in [6.45, 7) is 1.84. The molecule has 0 amide bonds. The van der Waals surface area contributed by atoms with Gasteiger partial charge in [-0.2, -0.15) is 5.10 Å². The fourth-order valence-electron chi connectivity index (χ4n) is 3.28. The summed E-state index contributed by atoms with van der Waals surface area (Å²) >= 11 is 0. The molecule has 0 spiro atoms. The molecule has 0 bridgehead atoms. The van der Waals surface area contributed by atoms with Crippen molar-refractivity contribution < 1.29 is 17.2 Å². The molecule has 1 saturated heterocycles. The second kappa shape index (κ2) is 6.01. The molecule has 0 aliphatic carbocycles. The first kappa shape index (κ1) is 16.9. The summed E-state index contributed by atoms with van der Waals surface area (Å²) in [6, 6.07) is 5.11. The number of aromatic nitrogens is 4. The Balaban J connectivity index is 1.88. The molecule has 9 heteroatoms. The van der Waals surface area contributed by atoms with Crippen molar-refractivity contribution in [2.24, 2.45) is 0 Å². The molecular formula is C17H16F2N4O2S. The Morgan fingerprint density at radius 3 is 2.65 bits per heavy atom. The molecule has 1 N–H and O–H groups in total. The second-order valence-corrected chi connectivity index (χ2v) is 8.70. The number of halogens is 2. The first-order valence-corrected chi connectivity index (χ1v) is 9.91. The van der Waals surface area contributed by atoms with Gasteiger partial charge in [0.15, 0.2) is 21.5 Å². The number of aromatic amines is 1. The van der Waals surface area contributed by atoms with Gasteiger partial charge < -0.3 is 4.57 Å². The van der Waals surface area contributed by atoms with Crippen LogP contribution in [-0.4, -0.2) is 39.7 Å². The number of aryl methyl sites for hydroxylation is 1. The third-order valence-electron chi connectivity index (χ3n) is 4.54. The van der Waals surface area contributed by atoms with E-state index in [1.54, 1.807) is 17.0 Å². The smallest absolute Gasteiger partial charge is 0.159 e. The maximum absolute atomic E-state index is 13.7. The van der Waals surface area contributed by atoms with Gasteiger partial charge in [-0.25, -0.2) is 22.2 Å². The lowest BCUT2D eigenvalue weighted by molar-refractivity contribution is 0.509. The summed E-state index contributed by atoms with van der Waals surface area (Å²) < 4.78 is 52.5. The van der Waals surface area contributed by atoms with Gasteiger partial charge in [0.1, 0.15) is 5.69 Å². The van der Waals surface area contributed by atoms with Crippen LogP contribution >= 0.6 is 0 Å². The van der Waals surface area contributed by atoms with Gasteiger partial charge in [-0.3, -0.25) is 5.10 Å². The van der Waals surface area contributed by atoms with E-state index in [0.29, 0.717) is 29.1 Å². The molecule has 6 nitrogen and oxygen atoms in total. The predicted molar refractivity (Wildman–Crippen MR) is 92.2 cm³/mol. The summed E-state index contributed by atoms with van der Waals surface area (Å²) in [6.07, 6.45) is 2.02. The van der Waals surface area contributed by atoms with E-state index < -0.39 is 21.5 Å². The Labute approximate surface area is 148 Å². The van der Waals surface area contributed by atoms with Gasteiger partial charge in [-0.05, 0) is 37.6 Å². The van der Waals surface area contributed by atoms with Crippen LogP contribution in [0.25, 0.3) is 22.6 Å². The van der Waals surface area contributed by atoms with Gasteiger partial charge in [-0.15, -0.1) is 0 Å². The molecule has 3 heterocycles. The normalized spacial score (nSPS) is 19.1. The Morgan fingerprint density at radius 1 is 1.23 bits per heavy atom. The van der Waals surface area contributed by atoms with E-state index in [4.69, 9.17) is 0 Å². The van der Waals surface area contributed by atoms with Crippen LogP contribution in [-0.2, 0) is 9.84 Å². The minimum Gasteiger partial charge on any atom is -0.325 e. The van der Waals surface area contributed by atoms with Crippen molar-refractivity contribution >= 4 is 9.84 Å². The van der Waals surface area contributed by atoms with Gasteiger partial charge in [-0.1, -0.05) is 0 Å². The average molecular weight is 378 g/mol. The van der Waals surface area contributed by atoms with Crippen molar-refractivity contribution in [1.82, 2.24) is 19.7 Å². The molecule has 1 aliphatic rings. The molecule has 4 rings (SSSR count). The van der Waals surface area contributed by atoms with Crippen molar-refractivity contribution in [1.29, 1.82) is 0 Å². The molecule has 1 aromatic carbocycles. The number of H-pyrrole nitrogens is 1. The van der Waals surface area contributed by atoms with E-state index in [9.17, 15) is 17.2 Å². The fraction of sp³-hybridized carbons (Fsp3) is 0.294. The van der Waals surface area contributed by atoms with E-state index in [1.807, 2.05) is 6.92 Å². The Bertz CT molecular complexity index is 1090. The standard InChI is InChI=1S/C17H16F2N4O2S/c1-10-6-15(22-21-10)17-16(11-2-3-13(18)14(19)7-11)20-9-23(17)12-4-5-26(24,25)8-12/h2-3,6-7,9,12H,4-5,8H2,1H3,(H,21,22). The van der Waals surface area contributed by atoms with Crippen LogP contribution < -0.4 is 0 Å². The van der Waals surface area contributed by atoms with Crippen LogP contribution in [0, 0.1) is 18.6 Å². The number of imidazole rings is 1. The van der Waals surface area contributed by atoms with Crippen molar-refractivity contribution in [3.05, 3.63) is 47.9 Å². The molecule has 1 unspecified atom stereocenters. The number of sulfone groups is 1. The molecule has 136 valence electrons. The number of benzene rings is 1. The largest absolute Gasteiger partial charge is 0.325 e. The van der Waals surface area contributed by atoms with Gasteiger partial charge >= 0.3 is 0 Å². The second-order valence-electron chi connectivity index (χ2n) is 6.47. The van der Waals surface area contributed by atoms with Gasteiger partial charge in [0, 0.05) is 11.3 Å². The SMILES string of the molecule is Cc1cc(-c2c(-c3ccc(F)c(F)c3)ncn2C2CCS(=O)(=O)C2)n[nH]1. The van der Waals surface area contributed by atoms with E-state index in [1.165, 1.54) is 6.07 Å². The summed E-state index contributed by atoms with van der Waals surface area (Å²) in [5.41, 5.74) is 2.81. The molecule has 1 aliphatic heterocycles. The van der Waals surface area contributed by atoms with E-state index in [-0.39, 0.29) is 17.5 Å². The highest BCUT2D eigenvalue weighted by Crippen LogP contribution is 2.36. The molecule has 1 fully saturated rings. The summed E-state index contributed by atoms with van der Waals surface area (Å²) in [5, 5.41) is 7.10. The molecule has 1 atom stereocenters. The maximum atomic E-state index is 13.7. The molecule has 2 aromatic heterocycles. The average Bonchev–Trinajstić information content (AvgIpc) is 3.27. The van der Waals surface area contributed by atoms with Gasteiger partial charge in [0.2, 0.25) is 0 Å². The van der Waals surface area contributed by atoms with Crippen molar-refractivity contribution in [2.45, 2.75) is 19.4 Å². The Morgan fingerprint density at radius 2 is 2.04 bits per heavy atom. The molecule has 0 saturated carbocycles. The topological polar surface area (TPSA) is 80.6 Å². The lowest BCUT2D eigenvalue weighted by atomic mass is 10.1. The maximum Gasteiger partial charge on any atom is 0.159 e. The Hall–Kier alpha value is -2.55. The molecular weight excluding hydrogens is 362 g/mol. The first-order chi connectivity index (χ1) is 12.3. The monoisotopic (exact) mass is 378 g/mol. The van der Waals surface area contributed by atoms with Crippen molar-refractivity contribution in [3.8, 4) is 22.6 Å². The third kappa shape index (κ3) is 2.92. The number of nitrogens with zero attached hydrogens (tertiary/aromatic N) is 3. The van der Waals surface area contributed by atoms with Crippen LogP contribution in [0.15, 0.2) is 30.6 Å². The lowest BCUT2D eigenvalue weighted by Crippen LogP contribution is -2.11. The zero-order chi connectivity index (χ0) is 18.5. The molecule has 26 heavy (non-hydrogen) atoms. The summed E-state index contributed by atoms with van der Waals surface area (Å²) in [5.74, 6) is -1.76. The van der Waals surface area contributed by atoms with Crippen molar-refractivity contribution in [2.75, 3.05) is 11.5 Å². The van der Waals surface area contributed by atoms with Crippen LogP contribution in [0.5, 0.6) is 0 Å². The third-order valence-corrected chi connectivity index (χ3v) is 6.29. The number of hydrogen-bond donors (Lipinski definition) is 1. The van der Waals surface area contributed by atoms with E-state index in [0.717, 1.165) is 17.8 Å². The zero-order valence-corrected chi connectivity index (χ0v) is 14.7. The van der Waals surface area contributed by atoms with Gasteiger partial charge in [0.05, 0.1) is 35.3 Å². The lowest BCUT2D eigenvalue weighted by Gasteiger charge is -2.14. The molecule has 3 aromatic rings. The highest BCUT2D eigenvalue weighted by atomic mass is 32.2. The zero-order valence-electron chi connectivity index (χ0n) is 13.9. The number of nitrogens with one attached hydrogen (secondary N) is 1. The summed E-state index contributed by atoms with van der Waals surface area (Å²) in [7, 11) is -3.09. The highest BCUT2D eigenvalue weighted by Gasteiger charge is 2.32. The van der Waals surface area contributed by atoms with Crippen LogP contribution in [0.2, 0.25) is 0 Å². The predicted octanol–water partition coefficient (Wildman–Crippen LogP) is 2.89. The highest BCUT2D eigenvalue weighted by molar-refractivity contribution is 7.91. The fourth-order valence-corrected chi connectivity index (χ4v) is 4.99. The minimum absolute atomic E-state index is 0.0248. The Kier molecular flexibility index (Phi) is 3.91. The number of rotatable bonds is 3. The van der Waals surface area contributed by atoms with Crippen LogP contribution in [0.1, 0.15) is 18.2 Å². The number of hydrogen-bond acceptors (Lipinski definition) is 4. The molecule has 0 radical (unpaired) electrons. The van der Waals surface area contributed by atoms with Gasteiger partial charge in [0.25, 0.3) is 0 Å². The summed E-state index contributed by atoms with van der Waals surface area (Å²) in [4.78, 5) is 4.36. The van der Waals surface area contributed by atoms with Crippen LogP contribution in [0.3, 0.4) is 0 Å². The quantitative estimate of drug-likeness (QED) is 0.760. The van der Waals surface area contributed by atoms with E-state index in [2.05, 4.69) is 15.2 Å². The van der Waals surface area contributed by atoms with Crippen molar-refractivity contribution in [3.63, 3.8) is 0 Å².